The molecule has 14 heavy (non-hydrogen) atoms. The fourth-order valence-electron chi connectivity index (χ4n) is 2.03. The second-order valence-corrected chi connectivity index (χ2v) is 4.68. The lowest BCUT2D eigenvalue weighted by Crippen LogP contribution is -2.42. The lowest BCUT2D eigenvalue weighted by atomic mass is 9.73. The smallest absolute Gasteiger partial charge is 0.0947 e. The maximum atomic E-state index is 5.02. The van der Waals surface area contributed by atoms with E-state index in [0.717, 1.165) is 24.4 Å². The van der Waals surface area contributed by atoms with Crippen LogP contribution >= 0.6 is 0 Å². The van der Waals surface area contributed by atoms with Gasteiger partial charge in [-0.25, -0.2) is 0 Å². The molecule has 1 aliphatic rings. The van der Waals surface area contributed by atoms with Crippen molar-refractivity contribution in [2.24, 2.45) is 11.8 Å². The monoisotopic (exact) mass is 193 g/mol. The van der Waals surface area contributed by atoms with Crippen LogP contribution in [0.1, 0.15) is 32.3 Å². The summed E-state index contributed by atoms with van der Waals surface area (Å²) in [7, 11) is 0. The maximum absolute atomic E-state index is 5.02. The summed E-state index contributed by atoms with van der Waals surface area (Å²) in [5.41, 5.74) is 1.25. The van der Waals surface area contributed by atoms with Gasteiger partial charge in [0.25, 0.3) is 0 Å². The van der Waals surface area contributed by atoms with Crippen LogP contribution in [0.5, 0.6) is 0 Å². The van der Waals surface area contributed by atoms with Gasteiger partial charge in [0.15, 0.2) is 0 Å². The highest BCUT2D eigenvalue weighted by Crippen LogP contribution is 2.33. The van der Waals surface area contributed by atoms with Crippen LogP contribution in [0.15, 0.2) is 23.0 Å². The lowest BCUT2D eigenvalue weighted by molar-refractivity contribution is 0.167. The third-order valence-corrected chi connectivity index (χ3v) is 3.29. The summed E-state index contributed by atoms with van der Waals surface area (Å²) in [6.45, 7) is 5.58. The van der Waals surface area contributed by atoms with Gasteiger partial charge in [-0.3, -0.25) is 0 Å². The first kappa shape index (κ1) is 9.78. The molecule has 0 aliphatic heterocycles. The topological polar surface area (TPSA) is 25.2 Å². The fourth-order valence-corrected chi connectivity index (χ4v) is 2.03. The number of hydrogen-bond acceptors (Lipinski definition) is 2. The van der Waals surface area contributed by atoms with Crippen molar-refractivity contribution in [3.8, 4) is 0 Å². The van der Waals surface area contributed by atoms with Gasteiger partial charge in [-0.1, -0.05) is 13.8 Å². The van der Waals surface area contributed by atoms with Gasteiger partial charge in [0.05, 0.1) is 12.5 Å². The Kier molecular flexibility index (Phi) is 2.92. The molecule has 0 bridgehead atoms. The molecular weight excluding hydrogens is 174 g/mol. The normalized spacial score (nSPS) is 26.5. The molecule has 1 aromatic heterocycles. The van der Waals surface area contributed by atoms with Crippen molar-refractivity contribution in [1.82, 2.24) is 5.32 Å². The summed E-state index contributed by atoms with van der Waals surface area (Å²) in [4.78, 5) is 0. The Hall–Kier alpha value is -0.760. The first-order chi connectivity index (χ1) is 6.75. The second kappa shape index (κ2) is 4.18. The van der Waals surface area contributed by atoms with Gasteiger partial charge in [0.2, 0.25) is 0 Å². The van der Waals surface area contributed by atoms with E-state index in [1.54, 1.807) is 6.26 Å². The van der Waals surface area contributed by atoms with Crippen molar-refractivity contribution in [3.63, 3.8) is 0 Å². The van der Waals surface area contributed by atoms with Crippen LogP contribution in [-0.2, 0) is 6.54 Å². The van der Waals surface area contributed by atoms with Gasteiger partial charge in [-0.05, 0) is 30.7 Å². The van der Waals surface area contributed by atoms with Crippen molar-refractivity contribution in [3.05, 3.63) is 24.2 Å². The van der Waals surface area contributed by atoms with Crippen molar-refractivity contribution < 1.29 is 4.42 Å². The quantitative estimate of drug-likeness (QED) is 0.795. The summed E-state index contributed by atoms with van der Waals surface area (Å²) in [6.07, 6.45) is 6.23. The molecule has 2 heteroatoms. The van der Waals surface area contributed by atoms with E-state index >= 15 is 0 Å². The molecule has 0 radical (unpaired) electrons. The highest BCUT2D eigenvalue weighted by molar-refractivity contribution is 5.05. The molecule has 0 unspecified atom stereocenters. The van der Waals surface area contributed by atoms with Crippen molar-refractivity contribution in [1.29, 1.82) is 0 Å². The van der Waals surface area contributed by atoms with Crippen LogP contribution in [-0.4, -0.2) is 6.04 Å². The minimum atomic E-state index is 0.734. The summed E-state index contributed by atoms with van der Waals surface area (Å²) < 4.78 is 5.02. The lowest BCUT2D eigenvalue weighted by Gasteiger charge is -2.38. The standard InChI is InChI=1S/C12H19NO/c1-9(2)11-5-12(6-11)13-7-10-3-4-14-8-10/h3-4,8-9,11-13H,5-7H2,1-2H3. The molecule has 2 nitrogen and oxygen atoms in total. The molecule has 0 aromatic carbocycles. The van der Waals surface area contributed by atoms with Gasteiger partial charge in [-0.15, -0.1) is 0 Å². The molecule has 1 fully saturated rings. The molecule has 1 aliphatic carbocycles. The third kappa shape index (κ3) is 2.18. The Bertz CT molecular complexity index is 260. The van der Waals surface area contributed by atoms with Gasteiger partial charge in [0, 0.05) is 18.2 Å². The van der Waals surface area contributed by atoms with Crippen molar-refractivity contribution >= 4 is 0 Å². The molecule has 1 saturated carbocycles. The summed E-state index contributed by atoms with van der Waals surface area (Å²) >= 11 is 0. The molecule has 1 heterocycles. The molecule has 1 aromatic rings. The molecule has 1 N–H and O–H groups in total. The minimum absolute atomic E-state index is 0.734. The molecule has 0 atom stereocenters. The summed E-state index contributed by atoms with van der Waals surface area (Å²) in [5.74, 6) is 1.79. The number of rotatable bonds is 4. The molecular formula is C12H19NO. The third-order valence-electron chi connectivity index (χ3n) is 3.29. The Morgan fingerprint density at radius 2 is 2.29 bits per heavy atom. The van der Waals surface area contributed by atoms with E-state index in [-0.39, 0.29) is 0 Å². The largest absolute Gasteiger partial charge is 0.472 e. The van der Waals surface area contributed by atoms with E-state index in [1.807, 2.05) is 12.3 Å². The number of nitrogens with one attached hydrogen (secondary N) is 1. The average Bonchev–Trinajstić information content (AvgIpc) is 2.52. The number of hydrogen-bond donors (Lipinski definition) is 1. The van der Waals surface area contributed by atoms with Crippen LogP contribution in [0.4, 0.5) is 0 Å². The molecule has 0 saturated heterocycles. The Balaban J connectivity index is 1.65. The highest BCUT2D eigenvalue weighted by Gasteiger charge is 2.30. The summed E-state index contributed by atoms with van der Waals surface area (Å²) in [6, 6.07) is 2.75. The van der Waals surface area contributed by atoms with Crippen molar-refractivity contribution in [2.45, 2.75) is 39.3 Å². The van der Waals surface area contributed by atoms with Crippen molar-refractivity contribution in [2.75, 3.05) is 0 Å². The van der Waals surface area contributed by atoms with E-state index in [0.29, 0.717) is 0 Å². The zero-order chi connectivity index (χ0) is 9.97. The minimum Gasteiger partial charge on any atom is -0.472 e. The Morgan fingerprint density at radius 1 is 1.50 bits per heavy atom. The first-order valence-electron chi connectivity index (χ1n) is 5.50. The van der Waals surface area contributed by atoms with Crippen LogP contribution in [0.3, 0.4) is 0 Å². The van der Waals surface area contributed by atoms with E-state index in [2.05, 4.69) is 19.2 Å². The van der Waals surface area contributed by atoms with Gasteiger partial charge in [-0.2, -0.15) is 0 Å². The highest BCUT2D eigenvalue weighted by atomic mass is 16.3. The first-order valence-corrected chi connectivity index (χ1v) is 5.50. The van der Waals surface area contributed by atoms with E-state index in [9.17, 15) is 0 Å². The van der Waals surface area contributed by atoms with Crippen LogP contribution in [0.25, 0.3) is 0 Å². The summed E-state index contributed by atoms with van der Waals surface area (Å²) in [5, 5.41) is 3.55. The maximum Gasteiger partial charge on any atom is 0.0947 e. The number of furan rings is 1. The average molecular weight is 193 g/mol. The Labute approximate surface area is 85.7 Å². The van der Waals surface area contributed by atoms with Crippen LogP contribution in [0, 0.1) is 11.8 Å². The zero-order valence-electron chi connectivity index (χ0n) is 8.99. The van der Waals surface area contributed by atoms with E-state index in [4.69, 9.17) is 4.42 Å². The predicted octanol–water partition coefficient (Wildman–Crippen LogP) is 2.80. The van der Waals surface area contributed by atoms with Crippen LogP contribution < -0.4 is 5.32 Å². The van der Waals surface area contributed by atoms with Gasteiger partial charge < -0.3 is 9.73 Å². The zero-order valence-corrected chi connectivity index (χ0v) is 8.99. The SMILES string of the molecule is CC(C)C1CC(NCc2ccoc2)C1. The van der Waals surface area contributed by atoms with Gasteiger partial charge in [0.1, 0.15) is 0 Å². The fraction of sp³-hybridized carbons (Fsp3) is 0.667. The van der Waals surface area contributed by atoms with E-state index < -0.39 is 0 Å². The molecule has 0 amide bonds. The second-order valence-electron chi connectivity index (χ2n) is 4.68. The molecule has 2 rings (SSSR count). The van der Waals surface area contributed by atoms with E-state index in [1.165, 1.54) is 18.4 Å². The van der Waals surface area contributed by atoms with Crippen LogP contribution in [0.2, 0.25) is 0 Å². The Morgan fingerprint density at radius 3 is 2.86 bits per heavy atom. The van der Waals surface area contributed by atoms with Gasteiger partial charge >= 0.3 is 0 Å². The molecule has 0 spiro atoms. The predicted molar refractivity (Wildman–Crippen MR) is 56.9 cm³/mol. The molecule has 78 valence electrons.